The van der Waals surface area contributed by atoms with Crippen LogP contribution in [0.1, 0.15) is 50.9 Å². The first-order valence-corrected chi connectivity index (χ1v) is 8.30. The Morgan fingerprint density at radius 1 is 1.39 bits per heavy atom. The van der Waals surface area contributed by atoms with Gasteiger partial charge in [0.15, 0.2) is 5.78 Å². The summed E-state index contributed by atoms with van der Waals surface area (Å²) in [5, 5.41) is 2.99. The van der Waals surface area contributed by atoms with Crippen LogP contribution in [0, 0.1) is 0 Å². The van der Waals surface area contributed by atoms with Crippen molar-refractivity contribution in [2.75, 3.05) is 18.0 Å². The number of carbonyl (C=O) groups is 2. The summed E-state index contributed by atoms with van der Waals surface area (Å²) >= 11 is 0. The van der Waals surface area contributed by atoms with Gasteiger partial charge in [0.2, 0.25) is 5.91 Å². The summed E-state index contributed by atoms with van der Waals surface area (Å²) in [5.41, 5.74) is 1.45. The molecule has 1 amide bonds. The van der Waals surface area contributed by atoms with Gasteiger partial charge in [-0.15, -0.1) is 0 Å². The van der Waals surface area contributed by atoms with Crippen molar-refractivity contribution in [3.05, 3.63) is 23.8 Å². The Bertz CT molecular complexity index is 586. The third-order valence-electron chi connectivity index (χ3n) is 4.23. The van der Waals surface area contributed by atoms with Crippen molar-refractivity contribution in [1.29, 1.82) is 0 Å². The lowest BCUT2D eigenvalue weighted by Gasteiger charge is -2.36. The number of benzene rings is 1. The highest BCUT2D eigenvalue weighted by atomic mass is 16.5. The van der Waals surface area contributed by atoms with Crippen LogP contribution in [0.3, 0.4) is 0 Å². The molecule has 0 fully saturated rings. The first-order chi connectivity index (χ1) is 10.9. The van der Waals surface area contributed by atoms with Crippen molar-refractivity contribution in [3.8, 4) is 5.75 Å². The Hall–Kier alpha value is -2.04. The first kappa shape index (κ1) is 17.3. The van der Waals surface area contributed by atoms with Crippen molar-refractivity contribution < 1.29 is 14.3 Å². The second-order valence-corrected chi connectivity index (χ2v) is 6.14. The van der Waals surface area contributed by atoms with E-state index in [0.717, 1.165) is 24.3 Å². The molecule has 0 aliphatic carbocycles. The molecule has 0 aromatic heterocycles. The maximum Gasteiger partial charge on any atom is 0.239 e. The van der Waals surface area contributed by atoms with Crippen molar-refractivity contribution in [2.45, 2.75) is 52.7 Å². The zero-order valence-electron chi connectivity index (χ0n) is 14.4. The molecule has 1 aromatic carbocycles. The maximum atomic E-state index is 12.2. The van der Waals surface area contributed by atoms with Gasteiger partial charge in [0, 0.05) is 11.6 Å². The fourth-order valence-corrected chi connectivity index (χ4v) is 2.60. The normalized spacial score (nSPS) is 17.9. The van der Waals surface area contributed by atoms with Gasteiger partial charge in [0.05, 0.1) is 18.8 Å². The number of ether oxygens (including phenoxy) is 1. The highest BCUT2D eigenvalue weighted by molar-refractivity contribution is 5.96. The molecular formula is C18H26N2O3. The van der Waals surface area contributed by atoms with Crippen LogP contribution in [0.5, 0.6) is 5.75 Å². The van der Waals surface area contributed by atoms with Gasteiger partial charge in [-0.3, -0.25) is 9.59 Å². The van der Waals surface area contributed by atoms with Crippen LogP contribution in [0.2, 0.25) is 0 Å². The SMILES string of the molecule is CCC(C)NC(=O)CN1CC(CC)Oc2ccc(C(C)=O)cc21. The van der Waals surface area contributed by atoms with Crippen molar-refractivity contribution in [3.63, 3.8) is 0 Å². The van der Waals surface area contributed by atoms with E-state index in [-0.39, 0.29) is 30.4 Å². The second kappa shape index (κ2) is 7.49. The predicted molar refractivity (Wildman–Crippen MR) is 91.3 cm³/mol. The Balaban J connectivity index is 2.23. The van der Waals surface area contributed by atoms with Crippen molar-refractivity contribution in [2.24, 2.45) is 0 Å². The third kappa shape index (κ3) is 4.24. The lowest BCUT2D eigenvalue weighted by molar-refractivity contribution is -0.120. The van der Waals surface area contributed by atoms with E-state index in [4.69, 9.17) is 4.74 Å². The van der Waals surface area contributed by atoms with Crippen LogP contribution < -0.4 is 15.0 Å². The van der Waals surface area contributed by atoms with E-state index in [9.17, 15) is 9.59 Å². The molecule has 2 atom stereocenters. The molecule has 1 N–H and O–H groups in total. The average Bonchev–Trinajstić information content (AvgIpc) is 2.53. The van der Waals surface area contributed by atoms with Crippen LogP contribution in [0.25, 0.3) is 0 Å². The largest absolute Gasteiger partial charge is 0.486 e. The summed E-state index contributed by atoms with van der Waals surface area (Å²) in [4.78, 5) is 25.9. The Labute approximate surface area is 138 Å². The Morgan fingerprint density at radius 3 is 2.74 bits per heavy atom. The number of amides is 1. The highest BCUT2D eigenvalue weighted by Crippen LogP contribution is 2.35. The van der Waals surface area contributed by atoms with Gasteiger partial charge in [0.25, 0.3) is 0 Å². The number of nitrogens with zero attached hydrogens (tertiary/aromatic N) is 1. The van der Waals surface area contributed by atoms with E-state index in [0.29, 0.717) is 12.1 Å². The fourth-order valence-electron chi connectivity index (χ4n) is 2.60. The van der Waals surface area contributed by atoms with Crippen molar-refractivity contribution >= 4 is 17.4 Å². The molecule has 0 radical (unpaired) electrons. The van der Waals surface area contributed by atoms with E-state index in [1.807, 2.05) is 30.9 Å². The first-order valence-electron chi connectivity index (χ1n) is 8.30. The summed E-state index contributed by atoms with van der Waals surface area (Å²) in [6.07, 6.45) is 1.83. The summed E-state index contributed by atoms with van der Waals surface area (Å²) in [5.74, 6) is 0.745. The number of anilines is 1. The third-order valence-corrected chi connectivity index (χ3v) is 4.23. The number of fused-ring (bicyclic) bond motifs is 1. The number of carbonyl (C=O) groups excluding carboxylic acids is 2. The summed E-state index contributed by atoms with van der Waals surface area (Å²) in [6.45, 7) is 8.57. The molecule has 23 heavy (non-hydrogen) atoms. The van der Waals surface area contributed by atoms with Gasteiger partial charge >= 0.3 is 0 Å². The zero-order chi connectivity index (χ0) is 17.0. The monoisotopic (exact) mass is 318 g/mol. The van der Waals surface area contributed by atoms with Gasteiger partial charge in [0.1, 0.15) is 11.9 Å². The quantitative estimate of drug-likeness (QED) is 0.819. The van der Waals surface area contributed by atoms with Gasteiger partial charge in [-0.05, 0) is 44.9 Å². The van der Waals surface area contributed by atoms with E-state index < -0.39 is 0 Å². The molecule has 5 heteroatoms. The van der Waals surface area contributed by atoms with Gasteiger partial charge in [-0.2, -0.15) is 0 Å². The molecular weight excluding hydrogens is 292 g/mol. The number of hydrogen-bond donors (Lipinski definition) is 1. The number of nitrogens with one attached hydrogen (secondary N) is 1. The van der Waals surface area contributed by atoms with Crippen LogP contribution in [0.4, 0.5) is 5.69 Å². The molecule has 0 spiro atoms. The molecule has 1 heterocycles. The van der Waals surface area contributed by atoms with E-state index >= 15 is 0 Å². The second-order valence-electron chi connectivity index (χ2n) is 6.14. The molecule has 0 saturated carbocycles. The molecule has 0 bridgehead atoms. The lowest BCUT2D eigenvalue weighted by Crippen LogP contribution is -2.46. The molecule has 1 aliphatic rings. The van der Waals surface area contributed by atoms with Crippen LogP contribution in [0.15, 0.2) is 18.2 Å². The molecule has 5 nitrogen and oxygen atoms in total. The Morgan fingerprint density at radius 2 is 2.13 bits per heavy atom. The number of ketones is 1. The smallest absolute Gasteiger partial charge is 0.239 e. The lowest BCUT2D eigenvalue weighted by atomic mass is 10.1. The number of hydrogen-bond acceptors (Lipinski definition) is 4. The summed E-state index contributed by atoms with van der Waals surface area (Å²) in [6, 6.07) is 5.58. The predicted octanol–water partition coefficient (Wildman–Crippen LogP) is 2.78. The van der Waals surface area contributed by atoms with E-state index in [1.165, 1.54) is 0 Å². The van der Waals surface area contributed by atoms with E-state index in [1.54, 1.807) is 13.0 Å². The zero-order valence-corrected chi connectivity index (χ0v) is 14.4. The minimum atomic E-state index is -0.00437. The standard InChI is InChI=1S/C18H26N2O3/c1-5-12(3)19-18(22)11-20-10-15(6-2)23-17-8-7-14(13(4)21)9-16(17)20/h7-9,12,15H,5-6,10-11H2,1-4H3,(H,19,22). The molecule has 1 aliphatic heterocycles. The highest BCUT2D eigenvalue weighted by Gasteiger charge is 2.27. The van der Waals surface area contributed by atoms with Crippen LogP contribution in [-0.2, 0) is 4.79 Å². The van der Waals surface area contributed by atoms with Crippen molar-refractivity contribution in [1.82, 2.24) is 5.32 Å². The summed E-state index contributed by atoms with van der Waals surface area (Å²) < 4.78 is 5.95. The molecule has 126 valence electrons. The van der Waals surface area contributed by atoms with Gasteiger partial charge in [-0.1, -0.05) is 13.8 Å². The van der Waals surface area contributed by atoms with Gasteiger partial charge < -0.3 is 15.0 Å². The minimum absolute atomic E-state index is 0.00437. The number of rotatable bonds is 6. The van der Waals surface area contributed by atoms with E-state index in [2.05, 4.69) is 12.2 Å². The topological polar surface area (TPSA) is 58.6 Å². The molecule has 2 unspecified atom stereocenters. The van der Waals surface area contributed by atoms with Gasteiger partial charge in [-0.25, -0.2) is 0 Å². The fraction of sp³-hybridized carbons (Fsp3) is 0.556. The van der Waals surface area contributed by atoms with Crippen LogP contribution >= 0.6 is 0 Å². The minimum Gasteiger partial charge on any atom is -0.486 e. The average molecular weight is 318 g/mol. The molecule has 0 saturated heterocycles. The molecule has 1 aromatic rings. The number of Topliss-reactive ketones (excluding diaryl/α,β-unsaturated/α-hetero) is 1. The van der Waals surface area contributed by atoms with Crippen LogP contribution in [-0.4, -0.2) is 36.9 Å². The molecule has 2 rings (SSSR count). The summed E-state index contributed by atoms with van der Waals surface area (Å²) in [7, 11) is 0. The maximum absolute atomic E-state index is 12.2. The Kier molecular flexibility index (Phi) is 5.64.